The van der Waals surface area contributed by atoms with E-state index in [1.165, 1.54) is 25.1 Å². The lowest BCUT2D eigenvalue weighted by atomic mass is 10.0. The molecule has 0 unspecified atom stereocenters. The molecule has 8 nitrogen and oxygen atoms in total. The number of amides is 1. The second-order valence-electron chi connectivity index (χ2n) is 5.50. The average Bonchev–Trinajstić information content (AvgIpc) is 2.47. The lowest BCUT2D eigenvalue weighted by molar-refractivity contribution is -0.143. The number of hydrogen-bond donors (Lipinski definition) is 3. The number of hydrogen-bond acceptors (Lipinski definition) is 5. The minimum atomic E-state index is -4.08. The Kier molecular flexibility index (Phi) is 4.36. The highest BCUT2D eigenvalue weighted by Gasteiger charge is 2.36. The Bertz CT molecular complexity index is 761. The first-order valence-corrected chi connectivity index (χ1v) is 8.46. The van der Waals surface area contributed by atoms with Gasteiger partial charge in [-0.3, -0.25) is 9.59 Å². The number of anilines is 1. The van der Waals surface area contributed by atoms with Gasteiger partial charge in [-0.1, -0.05) is 6.92 Å². The smallest absolute Gasteiger partial charge is 0.324 e. The van der Waals surface area contributed by atoms with Gasteiger partial charge < -0.3 is 15.2 Å². The number of aliphatic carboxylic acids is 1. The Hall–Kier alpha value is -2.13. The van der Waals surface area contributed by atoms with E-state index in [4.69, 9.17) is 4.74 Å². The highest BCUT2D eigenvalue weighted by atomic mass is 32.2. The monoisotopic (exact) mass is 342 g/mol. The van der Waals surface area contributed by atoms with Gasteiger partial charge >= 0.3 is 5.97 Å². The number of benzene rings is 1. The van der Waals surface area contributed by atoms with E-state index in [0.29, 0.717) is 5.75 Å². The molecule has 0 saturated carbocycles. The Balaban J connectivity index is 2.37. The zero-order chi connectivity index (χ0) is 17.4. The normalized spacial score (nSPS) is 20.0. The number of rotatable bonds is 5. The lowest BCUT2D eigenvalue weighted by Gasteiger charge is -2.26. The Morgan fingerprint density at radius 1 is 1.48 bits per heavy atom. The summed E-state index contributed by atoms with van der Waals surface area (Å²) >= 11 is 0. The molecule has 23 heavy (non-hydrogen) atoms. The Morgan fingerprint density at radius 2 is 2.13 bits per heavy atom. The van der Waals surface area contributed by atoms with Crippen LogP contribution in [0.15, 0.2) is 23.1 Å². The van der Waals surface area contributed by atoms with E-state index < -0.39 is 27.6 Å². The van der Waals surface area contributed by atoms with E-state index in [1.54, 1.807) is 13.8 Å². The summed E-state index contributed by atoms with van der Waals surface area (Å²) in [5, 5.41) is 11.7. The van der Waals surface area contributed by atoms with Crippen molar-refractivity contribution in [3.8, 4) is 5.75 Å². The molecule has 0 spiro atoms. The number of carbonyl (C=O) groups excluding carboxylic acids is 1. The van der Waals surface area contributed by atoms with Crippen molar-refractivity contribution in [3.05, 3.63) is 18.2 Å². The number of nitrogens with one attached hydrogen (secondary N) is 2. The van der Waals surface area contributed by atoms with Gasteiger partial charge in [-0.25, -0.2) is 8.42 Å². The minimum absolute atomic E-state index is 0.0733. The summed E-state index contributed by atoms with van der Waals surface area (Å²) in [5.74, 6) is -1.30. The first-order valence-electron chi connectivity index (χ1n) is 6.98. The molecule has 0 saturated heterocycles. The summed E-state index contributed by atoms with van der Waals surface area (Å²) in [6, 6.07) is 3.95. The topological polar surface area (TPSA) is 122 Å². The second-order valence-corrected chi connectivity index (χ2v) is 7.19. The van der Waals surface area contributed by atoms with Gasteiger partial charge in [0.25, 0.3) is 5.91 Å². The maximum absolute atomic E-state index is 12.4. The molecule has 2 atom stereocenters. The SMILES string of the molecule is CC[C@](C)(NS(=O)(=O)c1ccc2c(c1)NC(=O)[C@H](C)O2)C(=O)O. The molecular formula is C14H18N2O6S. The number of fused-ring (bicyclic) bond motifs is 1. The van der Waals surface area contributed by atoms with E-state index >= 15 is 0 Å². The van der Waals surface area contributed by atoms with Gasteiger partial charge in [-0.2, -0.15) is 4.72 Å². The molecule has 9 heteroatoms. The molecule has 0 radical (unpaired) electrons. The largest absolute Gasteiger partial charge is 0.480 e. The fourth-order valence-corrected chi connectivity index (χ4v) is 3.44. The highest BCUT2D eigenvalue weighted by Crippen LogP contribution is 2.32. The van der Waals surface area contributed by atoms with Crippen molar-refractivity contribution >= 4 is 27.6 Å². The standard InChI is InChI=1S/C14H18N2O6S/c1-4-14(3,13(18)19)16-23(20,21)9-5-6-11-10(7-9)15-12(17)8(2)22-11/h5-8,16H,4H2,1-3H3,(H,15,17)(H,18,19)/t8-,14-/m0/s1. The summed E-state index contributed by atoms with van der Waals surface area (Å²) in [6.45, 7) is 4.43. The van der Waals surface area contributed by atoms with Crippen molar-refractivity contribution in [1.29, 1.82) is 0 Å². The van der Waals surface area contributed by atoms with Crippen LogP contribution in [0.25, 0.3) is 0 Å². The lowest BCUT2D eigenvalue weighted by Crippen LogP contribution is -2.51. The molecule has 0 aromatic heterocycles. The number of carboxylic acids is 1. The molecule has 0 aliphatic carbocycles. The summed E-state index contributed by atoms with van der Waals surface area (Å²) in [5.41, 5.74) is -1.40. The maximum atomic E-state index is 12.4. The maximum Gasteiger partial charge on any atom is 0.324 e. The Morgan fingerprint density at radius 3 is 2.70 bits per heavy atom. The summed E-state index contributed by atoms with van der Waals surface area (Å²) in [4.78, 5) is 22.7. The molecule has 126 valence electrons. The van der Waals surface area contributed by atoms with Crippen molar-refractivity contribution in [1.82, 2.24) is 4.72 Å². The summed E-state index contributed by atoms with van der Waals surface area (Å²) in [6.07, 6.45) is -0.595. The molecule has 1 heterocycles. The predicted molar refractivity (Wildman–Crippen MR) is 81.8 cm³/mol. The molecular weight excluding hydrogens is 324 g/mol. The highest BCUT2D eigenvalue weighted by molar-refractivity contribution is 7.89. The van der Waals surface area contributed by atoms with Crippen LogP contribution in [0.4, 0.5) is 5.69 Å². The van der Waals surface area contributed by atoms with Gasteiger partial charge in [0.2, 0.25) is 10.0 Å². The Labute approximate surface area is 133 Å². The first kappa shape index (κ1) is 17.2. The van der Waals surface area contributed by atoms with Crippen molar-refractivity contribution in [3.63, 3.8) is 0 Å². The minimum Gasteiger partial charge on any atom is -0.480 e. The van der Waals surface area contributed by atoms with E-state index in [1.807, 2.05) is 0 Å². The molecule has 1 amide bonds. The van der Waals surface area contributed by atoms with E-state index in [2.05, 4.69) is 10.0 Å². The van der Waals surface area contributed by atoms with Crippen molar-refractivity contribution < 1.29 is 27.9 Å². The molecule has 0 fully saturated rings. The fourth-order valence-electron chi connectivity index (χ4n) is 1.98. The summed E-state index contributed by atoms with van der Waals surface area (Å²) < 4.78 is 32.4. The molecule has 1 aliphatic heterocycles. The van der Waals surface area contributed by atoms with E-state index in [0.717, 1.165) is 0 Å². The third kappa shape index (κ3) is 3.30. The van der Waals surface area contributed by atoms with Crippen LogP contribution in [0.1, 0.15) is 27.2 Å². The van der Waals surface area contributed by atoms with E-state index in [-0.39, 0.29) is 22.9 Å². The number of carbonyl (C=O) groups is 2. The van der Waals surface area contributed by atoms with Crippen molar-refractivity contribution in [2.45, 2.75) is 43.7 Å². The van der Waals surface area contributed by atoms with Gasteiger partial charge in [0.15, 0.2) is 6.10 Å². The molecule has 0 bridgehead atoms. The van der Waals surface area contributed by atoms with Gasteiger partial charge in [0, 0.05) is 0 Å². The van der Waals surface area contributed by atoms with Crippen LogP contribution in [-0.2, 0) is 19.6 Å². The molecule has 1 aliphatic rings. The van der Waals surface area contributed by atoms with Gasteiger partial charge in [0.05, 0.1) is 10.6 Å². The molecule has 3 N–H and O–H groups in total. The predicted octanol–water partition coefficient (Wildman–Crippen LogP) is 0.938. The molecule has 2 rings (SSSR count). The zero-order valence-corrected chi connectivity index (χ0v) is 13.7. The third-order valence-corrected chi connectivity index (χ3v) is 5.32. The van der Waals surface area contributed by atoms with Crippen LogP contribution in [0, 0.1) is 0 Å². The van der Waals surface area contributed by atoms with Crippen LogP contribution in [0.5, 0.6) is 5.75 Å². The number of sulfonamides is 1. The number of carboxylic acid groups (broad SMARTS) is 1. The van der Waals surface area contributed by atoms with Gasteiger partial charge in [0.1, 0.15) is 11.3 Å². The van der Waals surface area contributed by atoms with Gasteiger partial charge in [-0.05, 0) is 38.5 Å². The fraction of sp³-hybridized carbons (Fsp3) is 0.429. The first-order chi connectivity index (χ1) is 10.6. The van der Waals surface area contributed by atoms with Crippen LogP contribution in [0.2, 0.25) is 0 Å². The quantitative estimate of drug-likeness (QED) is 0.732. The van der Waals surface area contributed by atoms with Crippen molar-refractivity contribution in [2.24, 2.45) is 0 Å². The van der Waals surface area contributed by atoms with E-state index in [9.17, 15) is 23.1 Å². The average molecular weight is 342 g/mol. The zero-order valence-electron chi connectivity index (χ0n) is 12.9. The van der Waals surface area contributed by atoms with Crippen molar-refractivity contribution in [2.75, 3.05) is 5.32 Å². The molecule has 1 aromatic rings. The van der Waals surface area contributed by atoms with Crippen LogP contribution in [0.3, 0.4) is 0 Å². The van der Waals surface area contributed by atoms with Gasteiger partial charge in [-0.15, -0.1) is 0 Å². The second kappa shape index (κ2) is 5.82. The molecule has 1 aromatic carbocycles. The van der Waals surface area contributed by atoms with Crippen LogP contribution < -0.4 is 14.8 Å². The van der Waals surface area contributed by atoms with Crippen LogP contribution in [-0.4, -0.2) is 37.0 Å². The number of ether oxygens (including phenoxy) is 1. The van der Waals surface area contributed by atoms with Crippen LogP contribution >= 0.6 is 0 Å². The third-order valence-electron chi connectivity index (χ3n) is 3.73. The summed E-state index contributed by atoms with van der Waals surface area (Å²) in [7, 11) is -4.08.